The number of hydrogen-bond acceptors (Lipinski definition) is 5. The third-order valence-electron chi connectivity index (χ3n) is 4.60. The molecule has 5 heteroatoms. The van der Waals surface area contributed by atoms with E-state index in [1.54, 1.807) is 11.3 Å². The van der Waals surface area contributed by atoms with Gasteiger partial charge in [0.25, 0.3) is 0 Å². The van der Waals surface area contributed by atoms with Gasteiger partial charge in [0.15, 0.2) is 0 Å². The minimum absolute atomic E-state index is 0.358. The van der Waals surface area contributed by atoms with E-state index in [0.717, 1.165) is 57.9 Å². The molecule has 2 aliphatic heterocycles. The van der Waals surface area contributed by atoms with Crippen molar-refractivity contribution in [2.45, 2.75) is 18.9 Å². The van der Waals surface area contributed by atoms with Gasteiger partial charge in [-0.2, -0.15) is 0 Å². The van der Waals surface area contributed by atoms with Gasteiger partial charge in [-0.3, -0.25) is 0 Å². The Kier molecular flexibility index (Phi) is 4.19. The largest absolute Gasteiger partial charge is 0.489 e. The molecular formula is C17H23N3OS. The molecule has 0 spiro atoms. The highest BCUT2D eigenvalue weighted by atomic mass is 32.1. The molecule has 2 N–H and O–H groups in total. The quantitative estimate of drug-likeness (QED) is 0.912. The molecule has 0 amide bonds. The van der Waals surface area contributed by atoms with Crippen LogP contribution in [0.1, 0.15) is 12.8 Å². The molecule has 3 heterocycles. The van der Waals surface area contributed by atoms with Gasteiger partial charge < -0.3 is 20.3 Å². The van der Waals surface area contributed by atoms with Crippen molar-refractivity contribution >= 4 is 27.1 Å². The fourth-order valence-electron chi connectivity index (χ4n) is 3.39. The van der Waals surface area contributed by atoms with Crippen molar-refractivity contribution in [1.82, 2.24) is 10.6 Å². The molecule has 2 aromatic rings. The normalized spacial score (nSPS) is 20.5. The third kappa shape index (κ3) is 2.81. The Morgan fingerprint density at radius 3 is 2.59 bits per heavy atom. The van der Waals surface area contributed by atoms with E-state index in [9.17, 15) is 0 Å². The van der Waals surface area contributed by atoms with Crippen molar-refractivity contribution in [2.75, 3.05) is 44.2 Å². The average Bonchev–Trinajstić information content (AvgIpc) is 3.07. The summed E-state index contributed by atoms with van der Waals surface area (Å²) in [5.41, 5.74) is 1.36. The number of thiophene rings is 1. The SMILES string of the molecule is c1cc2c(N3CCNCC3)ccc(OC3CCNCC3)c2s1. The summed E-state index contributed by atoms with van der Waals surface area (Å²) in [6, 6.07) is 6.67. The van der Waals surface area contributed by atoms with Gasteiger partial charge >= 0.3 is 0 Å². The fourth-order valence-corrected chi connectivity index (χ4v) is 4.26. The number of piperidine rings is 1. The zero-order chi connectivity index (χ0) is 14.8. The number of benzene rings is 1. The molecule has 2 aliphatic rings. The van der Waals surface area contributed by atoms with E-state index in [4.69, 9.17) is 4.74 Å². The highest BCUT2D eigenvalue weighted by Crippen LogP contribution is 2.38. The van der Waals surface area contributed by atoms with E-state index >= 15 is 0 Å². The molecule has 0 atom stereocenters. The van der Waals surface area contributed by atoms with Gasteiger partial charge in [0.1, 0.15) is 11.9 Å². The monoisotopic (exact) mass is 317 g/mol. The molecule has 0 unspecified atom stereocenters. The highest BCUT2D eigenvalue weighted by Gasteiger charge is 2.19. The number of anilines is 1. The lowest BCUT2D eigenvalue weighted by Crippen LogP contribution is -2.43. The van der Waals surface area contributed by atoms with Crippen LogP contribution >= 0.6 is 11.3 Å². The van der Waals surface area contributed by atoms with Crippen molar-refractivity contribution in [1.29, 1.82) is 0 Å². The Balaban J connectivity index is 1.62. The lowest BCUT2D eigenvalue weighted by atomic mass is 10.1. The van der Waals surface area contributed by atoms with Gasteiger partial charge in [-0.05, 0) is 49.5 Å². The van der Waals surface area contributed by atoms with Crippen LogP contribution in [0.15, 0.2) is 23.6 Å². The molecule has 118 valence electrons. The minimum Gasteiger partial charge on any atom is -0.489 e. The van der Waals surface area contributed by atoms with Crippen molar-refractivity contribution in [3.8, 4) is 5.75 Å². The third-order valence-corrected chi connectivity index (χ3v) is 5.52. The molecule has 1 aromatic carbocycles. The fraction of sp³-hybridized carbons (Fsp3) is 0.529. The first-order valence-electron chi connectivity index (χ1n) is 8.25. The molecule has 4 nitrogen and oxygen atoms in total. The Labute approximate surface area is 135 Å². The van der Waals surface area contributed by atoms with E-state index in [-0.39, 0.29) is 0 Å². The van der Waals surface area contributed by atoms with Gasteiger partial charge in [0, 0.05) is 37.3 Å². The Morgan fingerprint density at radius 1 is 1.00 bits per heavy atom. The van der Waals surface area contributed by atoms with Crippen LogP contribution in [-0.2, 0) is 0 Å². The number of hydrogen-bond donors (Lipinski definition) is 2. The molecule has 0 saturated carbocycles. The second-order valence-corrected chi connectivity index (χ2v) is 6.97. The maximum absolute atomic E-state index is 6.31. The Morgan fingerprint density at radius 2 is 1.77 bits per heavy atom. The zero-order valence-electron chi connectivity index (χ0n) is 12.8. The van der Waals surface area contributed by atoms with Crippen molar-refractivity contribution in [3.63, 3.8) is 0 Å². The molecule has 0 bridgehead atoms. The van der Waals surface area contributed by atoms with E-state index in [2.05, 4.69) is 39.1 Å². The topological polar surface area (TPSA) is 36.5 Å². The summed E-state index contributed by atoms with van der Waals surface area (Å²) in [6.45, 7) is 6.44. The summed E-state index contributed by atoms with van der Waals surface area (Å²) >= 11 is 1.80. The summed E-state index contributed by atoms with van der Waals surface area (Å²) in [4.78, 5) is 2.49. The number of piperazine rings is 1. The first-order valence-corrected chi connectivity index (χ1v) is 9.13. The van der Waals surface area contributed by atoms with Crippen molar-refractivity contribution in [2.24, 2.45) is 0 Å². The summed E-state index contributed by atoms with van der Waals surface area (Å²) in [5.74, 6) is 1.07. The molecule has 0 aliphatic carbocycles. The maximum Gasteiger partial charge on any atom is 0.137 e. The van der Waals surface area contributed by atoms with Crippen LogP contribution in [0.3, 0.4) is 0 Å². The summed E-state index contributed by atoms with van der Waals surface area (Å²) in [7, 11) is 0. The van der Waals surface area contributed by atoms with Crippen molar-refractivity contribution in [3.05, 3.63) is 23.6 Å². The predicted molar refractivity (Wildman–Crippen MR) is 93.4 cm³/mol. The molecular weight excluding hydrogens is 294 g/mol. The summed E-state index contributed by atoms with van der Waals surface area (Å²) < 4.78 is 7.61. The van der Waals surface area contributed by atoms with Crippen LogP contribution < -0.4 is 20.3 Å². The minimum atomic E-state index is 0.358. The van der Waals surface area contributed by atoms with E-state index in [0.29, 0.717) is 6.10 Å². The Hall–Kier alpha value is -1.30. The molecule has 2 fully saturated rings. The summed E-state index contributed by atoms with van der Waals surface area (Å²) in [5, 5.41) is 10.3. The lowest BCUT2D eigenvalue weighted by Gasteiger charge is -2.30. The second kappa shape index (κ2) is 6.44. The second-order valence-electron chi connectivity index (χ2n) is 6.05. The average molecular weight is 317 g/mol. The molecule has 22 heavy (non-hydrogen) atoms. The van der Waals surface area contributed by atoms with Crippen LogP contribution in [-0.4, -0.2) is 45.4 Å². The van der Waals surface area contributed by atoms with E-state index < -0.39 is 0 Å². The number of ether oxygens (including phenoxy) is 1. The number of nitrogens with one attached hydrogen (secondary N) is 2. The number of rotatable bonds is 3. The highest BCUT2D eigenvalue weighted by molar-refractivity contribution is 7.17. The van der Waals surface area contributed by atoms with Crippen molar-refractivity contribution < 1.29 is 4.74 Å². The zero-order valence-corrected chi connectivity index (χ0v) is 13.6. The molecule has 1 aromatic heterocycles. The molecule has 4 rings (SSSR count). The number of nitrogens with zero attached hydrogens (tertiary/aromatic N) is 1. The van der Waals surface area contributed by atoms with Gasteiger partial charge in [0.05, 0.1) is 4.70 Å². The standard InChI is InChI=1S/C17H23N3OS/c1-2-16(21-13-3-6-18-7-4-13)17-14(5-12-22-17)15(1)20-10-8-19-9-11-20/h1-2,5,12-13,18-19H,3-4,6-11H2. The number of fused-ring (bicyclic) bond motifs is 1. The van der Waals surface area contributed by atoms with Gasteiger partial charge in [-0.25, -0.2) is 0 Å². The molecule has 2 saturated heterocycles. The summed E-state index contributed by atoms with van der Waals surface area (Å²) in [6.07, 6.45) is 2.57. The van der Waals surface area contributed by atoms with Gasteiger partial charge in [-0.15, -0.1) is 11.3 Å². The van der Waals surface area contributed by atoms with Gasteiger partial charge in [-0.1, -0.05) is 0 Å². The first-order chi connectivity index (χ1) is 10.9. The lowest BCUT2D eigenvalue weighted by molar-refractivity contribution is 0.165. The van der Waals surface area contributed by atoms with Crippen LogP contribution in [0.5, 0.6) is 5.75 Å². The predicted octanol–water partition coefficient (Wildman–Crippen LogP) is 2.44. The first kappa shape index (κ1) is 14.3. The molecule has 0 radical (unpaired) electrons. The van der Waals surface area contributed by atoms with E-state index in [1.807, 2.05) is 0 Å². The maximum atomic E-state index is 6.31. The smallest absolute Gasteiger partial charge is 0.137 e. The van der Waals surface area contributed by atoms with Crippen LogP contribution in [0.2, 0.25) is 0 Å². The van der Waals surface area contributed by atoms with Crippen LogP contribution in [0.25, 0.3) is 10.1 Å². The van der Waals surface area contributed by atoms with Gasteiger partial charge in [0.2, 0.25) is 0 Å². The van der Waals surface area contributed by atoms with E-state index in [1.165, 1.54) is 15.8 Å². The Bertz CT molecular complexity index is 630. The van der Waals surface area contributed by atoms with Crippen LogP contribution in [0, 0.1) is 0 Å². The van der Waals surface area contributed by atoms with Crippen LogP contribution in [0.4, 0.5) is 5.69 Å².